The van der Waals surface area contributed by atoms with E-state index in [1.807, 2.05) is 0 Å². The van der Waals surface area contributed by atoms with Crippen LogP contribution in [0.1, 0.15) is 62.3 Å². The molecule has 0 aliphatic heterocycles. The molecule has 3 N–H and O–H groups in total. The minimum atomic E-state index is -2.41. The van der Waals surface area contributed by atoms with Gasteiger partial charge < -0.3 is 24.3 Å². The lowest BCUT2D eigenvalue weighted by Gasteiger charge is -2.58. The van der Waals surface area contributed by atoms with E-state index in [-0.39, 0.29) is 21.1 Å². The first kappa shape index (κ1) is 36.7. The second-order valence-corrected chi connectivity index (χ2v) is 34.8. The van der Waals surface area contributed by atoms with Gasteiger partial charge in [0, 0.05) is 23.4 Å². The highest BCUT2D eigenvalue weighted by Gasteiger charge is 2.59. The van der Waals surface area contributed by atoms with Crippen molar-refractivity contribution in [2.45, 2.75) is 148 Å². The van der Waals surface area contributed by atoms with Crippen molar-refractivity contribution in [2.75, 3.05) is 19.6 Å². The average molecular weight is 579 g/mol. The van der Waals surface area contributed by atoms with E-state index in [1.54, 1.807) is 0 Å². The molecule has 0 heterocycles. The lowest BCUT2D eigenvalue weighted by atomic mass is 9.94. The number of nitrogens with one attached hydrogen (secondary N) is 1. The minimum absolute atomic E-state index is 0.0970. The monoisotopic (exact) mass is 578 g/mol. The third kappa shape index (κ3) is 9.40. The molecule has 0 aromatic carbocycles. The molecule has 0 bridgehead atoms. The lowest BCUT2D eigenvalue weighted by Crippen LogP contribution is -2.67. The number of nitrogens with two attached hydrogens (primary N) is 1. The van der Waals surface area contributed by atoms with E-state index in [4.69, 9.17) is 19.0 Å². The van der Waals surface area contributed by atoms with Gasteiger partial charge in [-0.2, -0.15) is 0 Å². The molecule has 0 fully saturated rings. The molecule has 2 atom stereocenters. The van der Waals surface area contributed by atoms with Gasteiger partial charge in [-0.1, -0.05) is 40.4 Å². The van der Waals surface area contributed by atoms with Crippen molar-refractivity contribution in [3.63, 3.8) is 0 Å². The number of rotatable bonds is 16. The van der Waals surface area contributed by atoms with E-state index < -0.39 is 33.0 Å². The van der Waals surface area contributed by atoms with Gasteiger partial charge in [0.1, 0.15) is 0 Å². The van der Waals surface area contributed by atoms with Gasteiger partial charge in [-0.25, -0.2) is 0 Å². The zero-order valence-electron chi connectivity index (χ0n) is 27.7. The molecule has 218 valence electrons. The molecule has 0 spiro atoms. The molecular formula is C27H66N2O3Si4. The Hall–Kier alpha value is 0.668. The maximum atomic E-state index is 7.51. The van der Waals surface area contributed by atoms with E-state index in [9.17, 15) is 0 Å². The minimum Gasteiger partial charge on any atom is -0.415 e. The predicted molar refractivity (Wildman–Crippen MR) is 171 cm³/mol. The van der Waals surface area contributed by atoms with Gasteiger partial charge in [-0.3, -0.25) is 0 Å². The average Bonchev–Trinajstić information content (AvgIpc) is 2.56. The molecule has 0 aliphatic carbocycles. The molecule has 0 aromatic heterocycles. The summed E-state index contributed by atoms with van der Waals surface area (Å²) in [5.74, 6) is 0.476. The van der Waals surface area contributed by atoms with Crippen LogP contribution in [0.15, 0.2) is 0 Å². The Balaban J connectivity index is 6.37. The zero-order chi connectivity index (χ0) is 29.2. The normalized spacial score (nSPS) is 17.8. The zero-order valence-corrected chi connectivity index (χ0v) is 31.7. The smallest absolute Gasteiger partial charge is 0.220 e. The molecule has 5 nitrogen and oxygen atoms in total. The first-order valence-electron chi connectivity index (χ1n) is 14.1. The summed E-state index contributed by atoms with van der Waals surface area (Å²) in [6.45, 7) is 44.6. The van der Waals surface area contributed by atoms with Crippen molar-refractivity contribution in [3.8, 4) is 0 Å². The number of hydrogen-bond donors (Lipinski definition) is 2. The second kappa shape index (κ2) is 12.0. The van der Waals surface area contributed by atoms with Crippen molar-refractivity contribution in [3.05, 3.63) is 0 Å². The van der Waals surface area contributed by atoms with E-state index >= 15 is 0 Å². The summed E-state index contributed by atoms with van der Waals surface area (Å²) in [6, 6.07) is 1.03. The third-order valence-electron chi connectivity index (χ3n) is 9.19. The molecule has 0 amide bonds. The van der Waals surface area contributed by atoms with Gasteiger partial charge in [-0.15, -0.1) is 0 Å². The predicted octanol–water partition coefficient (Wildman–Crippen LogP) is 7.37. The Morgan fingerprint density at radius 1 is 0.722 bits per heavy atom. The molecule has 0 aliphatic rings. The van der Waals surface area contributed by atoms with E-state index in [2.05, 4.69) is 127 Å². The fourth-order valence-electron chi connectivity index (χ4n) is 4.81. The van der Waals surface area contributed by atoms with Crippen LogP contribution in [0.5, 0.6) is 0 Å². The summed E-state index contributed by atoms with van der Waals surface area (Å²) in [5, 5.41) is 2.99. The molecule has 36 heavy (non-hydrogen) atoms. The Morgan fingerprint density at radius 3 is 1.58 bits per heavy atom. The number of hydrogen-bond acceptors (Lipinski definition) is 5. The Morgan fingerprint density at radius 2 is 1.19 bits per heavy atom. The summed E-state index contributed by atoms with van der Waals surface area (Å²) in [5.41, 5.74) is 5.35. The topological polar surface area (TPSA) is 65.7 Å². The standard InChI is InChI=1S/C27H66N2O3Si4/c1-23(21-29-20-19-28)22-36(18,27(8,9)31-34(13,14)15)30-24(2,3)25(4,5)35(16,17)32-26(6,7)33(10,11)12/h23,29H,19-22,28H2,1-18H3. The van der Waals surface area contributed by atoms with Gasteiger partial charge >= 0.3 is 0 Å². The van der Waals surface area contributed by atoms with Gasteiger partial charge in [0.15, 0.2) is 16.6 Å². The van der Waals surface area contributed by atoms with Gasteiger partial charge in [0.25, 0.3) is 0 Å². The van der Waals surface area contributed by atoms with Crippen LogP contribution in [0.4, 0.5) is 0 Å². The quantitative estimate of drug-likeness (QED) is 0.148. The first-order chi connectivity index (χ1) is 15.6. The SMILES string of the molecule is CC(CNCCN)C[Si](C)(OC(C)(C)C(C)(C)[Si](C)(C)OC(C)(C)[Si](C)(C)C)C(C)(C)O[Si](C)(C)C. The van der Waals surface area contributed by atoms with Crippen LogP contribution in [0.3, 0.4) is 0 Å². The molecule has 0 aromatic rings. The van der Waals surface area contributed by atoms with E-state index in [1.165, 1.54) is 0 Å². The van der Waals surface area contributed by atoms with Crippen molar-refractivity contribution in [1.29, 1.82) is 0 Å². The third-order valence-corrected chi connectivity index (χ3v) is 24.2. The summed E-state index contributed by atoms with van der Waals surface area (Å²) in [4.78, 5) is 0. The molecule has 2 unspecified atom stereocenters. The van der Waals surface area contributed by atoms with Crippen LogP contribution in [-0.2, 0) is 13.3 Å². The van der Waals surface area contributed by atoms with Crippen molar-refractivity contribution < 1.29 is 13.3 Å². The highest BCUT2D eigenvalue weighted by atomic mass is 28.4. The second-order valence-electron chi connectivity index (χ2n) is 15.9. The summed E-state index contributed by atoms with van der Waals surface area (Å²) in [7, 11) is -7.93. The van der Waals surface area contributed by atoms with Crippen molar-refractivity contribution in [1.82, 2.24) is 5.32 Å². The van der Waals surface area contributed by atoms with Crippen molar-refractivity contribution in [2.24, 2.45) is 11.7 Å². The fourth-order valence-corrected chi connectivity index (χ4v) is 16.9. The van der Waals surface area contributed by atoms with Gasteiger partial charge in [0.2, 0.25) is 8.32 Å². The van der Waals surface area contributed by atoms with Gasteiger partial charge in [-0.05, 0) is 99.3 Å². The van der Waals surface area contributed by atoms with Crippen LogP contribution in [-0.4, -0.2) is 68.7 Å². The Bertz CT molecular complexity index is 698. The maximum absolute atomic E-state index is 7.51. The summed E-state index contributed by atoms with van der Waals surface area (Å²) < 4.78 is 21.6. The molecular weight excluding hydrogens is 513 g/mol. The molecule has 9 heteroatoms. The Kier molecular flexibility index (Phi) is 12.3. The van der Waals surface area contributed by atoms with Crippen LogP contribution >= 0.6 is 0 Å². The molecule has 0 radical (unpaired) electrons. The molecule has 0 rings (SSSR count). The molecule has 0 saturated heterocycles. The van der Waals surface area contributed by atoms with Crippen LogP contribution < -0.4 is 11.1 Å². The summed E-state index contributed by atoms with van der Waals surface area (Å²) in [6.07, 6.45) is 0. The van der Waals surface area contributed by atoms with Crippen LogP contribution in [0.25, 0.3) is 0 Å². The van der Waals surface area contributed by atoms with Crippen LogP contribution in [0.2, 0.25) is 70.0 Å². The van der Waals surface area contributed by atoms with E-state index in [0.29, 0.717) is 12.5 Å². The highest BCUT2D eigenvalue weighted by Crippen LogP contribution is 2.53. The highest BCUT2D eigenvalue weighted by molar-refractivity contribution is 6.81. The first-order valence-corrected chi connectivity index (χ1v) is 26.5. The van der Waals surface area contributed by atoms with E-state index in [0.717, 1.165) is 19.1 Å². The maximum Gasteiger partial charge on any atom is 0.220 e. The Labute approximate surface area is 230 Å². The lowest BCUT2D eigenvalue weighted by molar-refractivity contribution is 0.0135. The fraction of sp³-hybridized carbons (Fsp3) is 1.00. The summed E-state index contributed by atoms with van der Waals surface area (Å²) >= 11 is 0. The van der Waals surface area contributed by atoms with Gasteiger partial charge in [0.05, 0.1) is 18.9 Å². The molecule has 0 saturated carbocycles. The largest absolute Gasteiger partial charge is 0.415 e. The van der Waals surface area contributed by atoms with Crippen molar-refractivity contribution >= 4 is 33.0 Å². The van der Waals surface area contributed by atoms with Crippen LogP contribution in [0, 0.1) is 5.92 Å².